The predicted molar refractivity (Wildman–Crippen MR) is 88.0 cm³/mol. The minimum Gasteiger partial charge on any atom is -0.396 e. The van der Waals surface area contributed by atoms with Crippen molar-refractivity contribution in [1.82, 2.24) is 19.6 Å². The highest BCUT2D eigenvalue weighted by Crippen LogP contribution is 2.07. The Labute approximate surface area is 138 Å². The van der Waals surface area contributed by atoms with Crippen molar-refractivity contribution in [2.45, 2.75) is 19.8 Å². The van der Waals surface area contributed by atoms with E-state index < -0.39 is 0 Å². The molecule has 2 aliphatic heterocycles. The van der Waals surface area contributed by atoms with E-state index in [4.69, 9.17) is 5.11 Å². The van der Waals surface area contributed by atoms with Gasteiger partial charge in [0.2, 0.25) is 11.8 Å². The quantitative estimate of drug-likeness (QED) is 0.683. The van der Waals surface area contributed by atoms with E-state index in [0.717, 1.165) is 39.1 Å². The summed E-state index contributed by atoms with van der Waals surface area (Å²) in [5, 5.41) is 8.87. The second kappa shape index (κ2) is 9.20. The molecule has 0 radical (unpaired) electrons. The molecule has 2 saturated heterocycles. The van der Waals surface area contributed by atoms with Crippen LogP contribution in [-0.2, 0) is 9.59 Å². The largest absolute Gasteiger partial charge is 0.396 e. The molecule has 7 heteroatoms. The van der Waals surface area contributed by atoms with Crippen molar-refractivity contribution in [3.63, 3.8) is 0 Å². The molecular weight excluding hydrogens is 296 g/mol. The summed E-state index contributed by atoms with van der Waals surface area (Å²) in [5.74, 6) is 0.355. The van der Waals surface area contributed by atoms with Gasteiger partial charge in [-0.15, -0.1) is 0 Å². The van der Waals surface area contributed by atoms with E-state index in [1.807, 2.05) is 16.7 Å². The molecule has 0 atom stereocenters. The van der Waals surface area contributed by atoms with Gasteiger partial charge in [0.15, 0.2) is 0 Å². The minimum absolute atomic E-state index is 0.177. The summed E-state index contributed by atoms with van der Waals surface area (Å²) in [6.45, 7) is 9.91. The zero-order valence-corrected chi connectivity index (χ0v) is 14.2. The van der Waals surface area contributed by atoms with E-state index in [-0.39, 0.29) is 18.4 Å². The Balaban J connectivity index is 1.67. The standard InChI is InChI=1S/C16H30N4O3/c1-2-15(22)19-9-11-20(12-10-19)16(23)14-18-7-5-17(6-8-18)4-3-13-21/h21H,2-14H2,1H3. The molecule has 1 N–H and O–H groups in total. The fourth-order valence-corrected chi connectivity index (χ4v) is 3.19. The monoisotopic (exact) mass is 326 g/mol. The molecule has 23 heavy (non-hydrogen) atoms. The lowest BCUT2D eigenvalue weighted by atomic mass is 10.2. The van der Waals surface area contributed by atoms with Crippen LogP contribution >= 0.6 is 0 Å². The van der Waals surface area contributed by atoms with E-state index in [1.54, 1.807) is 0 Å². The van der Waals surface area contributed by atoms with Crippen LogP contribution in [0, 0.1) is 0 Å². The minimum atomic E-state index is 0.177. The fourth-order valence-electron chi connectivity index (χ4n) is 3.19. The van der Waals surface area contributed by atoms with Crippen molar-refractivity contribution in [1.29, 1.82) is 0 Å². The lowest BCUT2D eigenvalue weighted by Crippen LogP contribution is -2.54. The van der Waals surface area contributed by atoms with Gasteiger partial charge in [-0.3, -0.25) is 14.5 Å². The number of amides is 2. The molecule has 0 unspecified atom stereocenters. The van der Waals surface area contributed by atoms with Crippen LogP contribution in [0.2, 0.25) is 0 Å². The van der Waals surface area contributed by atoms with Gasteiger partial charge in [0, 0.05) is 71.9 Å². The smallest absolute Gasteiger partial charge is 0.236 e. The van der Waals surface area contributed by atoms with Crippen molar-refractivity contribution in [3.05, 3.63) is 0 Å². The average Bonchev–Trinajstić information content (AvgIpc) is 2.60. The number of hydrogen-bond acceptors (Lipinski definition) is 5. The topological polar surface area (TPSA) is 67.3 Å². The van der Waals surface area contributed by atoms with Gasteiger partial charge in [-0.1, -0.05) is 6.92 Å². The van der Waals surface area contributed by atoms with Crippen LogP contribution in [0.3, 0.4) is 0 Å². The van der Waals surface area contributed by atoms with Crippen molar-refractivity contribution < 1.29 is 14.7 Å². The predicted octanol–water partition coefficient (Wildman–Crippen LogP) is -0.933. The molecule has 132 valence electrons. The SMILES string of the molecule is CCC(=O)N1CCN(C(=O)CN2CCN(CCCO)CC2)CC1. The van der Waals surface area contributed by atoms with Gasteiger partial charge in [0.25, 0.3) is 0 Å². The van der Waals surface area contributed by atoms with Gasteiger partial charge >= 0.3 is 0 Å². The van der Waals surface area contributed by atoms with Gasteiger partial charge in [0.1, 0.15) is 0 Å². The Kier molecular flexibility index (Phi) is 7.26. The first-order valence-electron chi connectivity index (χ1n) is 8.75. The summed E-state index contributed by atoms with van der Waals surface area (Å²) < 4.78 is 0. The van der Waals surface area contributed by atoms with Gasteiger partial charge in [-0.05, 0) is 6.42 Å². The number of hydrogen-bond donors (Lipinski definition) is 1. The second-order valence-electron chi connectivity index (χ2n) is 6.31. The molecule has 0 aromatic rings. The third kappa shape index (κ3) is 5.44. The van der Waals surface area contributed by atoms with Crippen molar-refractivity contribution in [3.8, 4) is 0 Å². The molecule has 0 saturated carbocycles. The number of piperazine rings is 2. The lowest BCUT2D eigenvalue weighted by molar-refractivity contribution is -0.140. The highest BCUT2D eigenvalue weighted by atomic mass is 16.3. The number of aliphatic hydroxyl groups is 1. The van der Waals surface area contributed by atoms with Crippen LogP contribution < -0.4 is 0 Å². The van der Waals surface area contributed by atoms with Crippen LogP contribution in [0.4, 0.5) is 0 Å². The molecule has 7 nitrogen and oxygen atoms in total. The zero-order valence-electron chi connectivity index (χ0n) is 14.2. The molecule has 2 fully saturated rings. The summed E-state index contributed by atoms with van der Waals surface area (Å²) in [6, 6.07) is 0. The van der Waals surface area contributed by atoms with Crippen LogP contribution in [0.5, 0.6) is 0 Å². The number of rotatable bonds is 6. The highest BCUT2D eigenvalue weighted by molar-refractivity contribution is 5.79. The molecular formula is C16H30N4O3. The third-order valence-electron chi connectivity index (χ3n) is 4.74. The fraction of sp³-hybridized carbons (Fsp3) is 0.875. The van der Waals surface area contributed by atoms with Crippen molar-refractivity contribution in [2.24, 2.45) is 0 Å². The summed E-state index contributed by atoms with van der Waals surface area (Å²) in [7, 11) is 0. The first-order chi connectivity index (χ1) is 11.1. The summed E-state index contributed by atoms with van der Waals surface area (Å²) in [6.07, 6.45) is 1.36. The number of nitrogens with zero attached hydrogens (tertiary/aromatic N) is 4. The Morgan fingerprint density at radius 3 is 1.87 bits per heavy atom. The van der Waals surface area contributed by atoms with Gasteiger partial charge in [0.05, 0.1) is 6.54 Å². The second-order valence-corrected chi connectivity index (χ2v) is 6.31. The molecule has 2 amide bonds. The van der Waals surface area contributed by atoms with Crippen LogP contribution in [-0.4, -0.2) is 109 Å². The molecule has 2 heterocycles. The molecule has 2 aliphatic rings. The van der Waals surface area contributed by atoms with Crippen LogP contribution in [0.1, 0.15) is 19.8 Å². The van der Waals surface area contributed by atoms with E-state index in [9.17, 15) is 9.59 Å². The zero-order chi connectivity index (χ0) is 16.7. The number of carbonyl (C=O) groups is 2. The number of carbonyl (C=O) groups excluding carboxylic acids is 2. The maximum absolute atomic E-state index is 12.4. The molecule has 0 aromatic heterocycles. The van der Waals surface area contributed by atoms with Crippen molar-refractivity contribution in [2.75, 3.05) is 72.1 Å². The Morgan fingerprint density at radius 2 is 1.35 bits per heavy atom. The normalized spacial score (nSPS) is 20.8. The van der Waals surface area contributed by atoms with Gasteiger partial charge < -0.3 is 19.8 Å². The third-order valence-corrected chi connectivity index (χ3v) is 4.74. The van der Waals surface area contributed by atoms with Crippen LogP contribution in [0.25, 0.3) is 0 Å². The molecule has 0 aliphatic carbocycles. The summed E-state index contributed by atoms with van der Waals surface area (Å²) in [5.41, 5.74) is 0. The van der Waals surface area contributed by atoms with E-state index in [0.29, 0.717) is 39.1 Å². The van der Waals surface area contributed by atoms with Crippen molar-refractivity contribution >= 4 is 11.8 Å². The first kappa shape index (κ1) is 18.2. The Morgan fingerprint density at radius 1 is 0.826 bits per heavy atom. The molecule has 0 bridgehead atoms. The van der Waals surface area contributed by atoms with Gasteiger partial charge in [-0.2, -0.15) is 0 Å². The lowest BCUT2D eigenvalue weighted by Gasteiger charge is -2.38. The number of aliphatic hydroxyl groups excluding tert-OH is 1. The van der Waals surface area contributed by atoms with E-state index >= 15 is 0 Å². The highest BCUT2D eigenvalue weighted by Gasteiger charge is 2.25. The van der Waals surface area contributed by atoms with Gasteiger partial charge in [-0.25, -0.2) is 0 Å². The molecule has 0 spiro atoms. The summed E-state index contributed by atoms with van der Waals surface area (Å²) in [4.78, 5) is 32.3. The maximum atomic E-state index is 12.4. The molecule has 0 aromatic carbocycles. The summed E-state index contributed by atoms with van der Waals surface area (Å²) >= 11 is 0. The van der Waals surface area contributed by atoms with Crippen LogP contribution in [0.15, 0.2) is 0 Å². The maximum Gasteiger partial charge on any atom is 0.236 e. The average molecular weight is 326 g/mol. The first-order valence-corrected chi connectivity index (χ1v) is 8.75. The Hall–Kier alpha value is -1.18. The van der Waals surface area contributed by atoms with E-state index in [1.165, 1.54) is 0 Å². The Bertz CT molecular complexity index is 389. The molecule has 2 rings (SSSR count). The van der Waals surface area contributed by atoms with E-state index in [2.05, 4.69) is 9.80 Å².